The second-order valence-corrected chi connectivity index (χ2v) is 4.81. The zero-order valence-electron chi connectivity index (χ0n) is 9.64. The monoisotopic (exact) mass is 221 g/mol. The minimum atomic E-state index is 0.285. The molecule has 0 aromatic rings. The van der Waals surface area contributed by atoms with Gasteiger partial charge in [-0.3, -0.25) is 9.69 Å². The molecule has 0 N–H and O–H groups in total. The highest BCUT2D eigenvalue weighted by Gasteiger charge is 2.27. The Morgan fingerprint density at radius 2 is 1.69 bits per heavy atom. The molecule has 0 radical (unpaired) electrons. The van der Waals surface area contributed by atoms with Gasteiger partial charge >= 0.3 is 0 Å². The Bertz CT molecular complexity index is 270. The topological polar surface area (TPSA) is 47.3 Å². The Hall–Kier alpha value is -1.08. The Labute approximate surface area is 96.8 Å². The van der Waals surface area contributed by atoms with E-state index < -0.39 is 0 Å². The summed E-state index contributed by atoms with van der Waals surface area (Å²) in [5, 5.41) is 8.85. The predicted molar refractivity (Wildman–Crippen MR) is 60.6 cm³/mol. The second kappa shape index (κ2) is 5.31. The molecule has 2 aliphatic rings. The first-order chi connectivity index (χ1) is 7.83. The summed E-state index contributed by atoms with van der Waals surface area (Å²) < 4.78 is 0. The molecule has 1 amide bonds. The molecule has 1 aliphatic carbocycles. The molecule has 1 saturated heterocycles. The highest BCUT2D eigenvalue weighted by atomic mass is 16.1. The first-order valence-electron chi connectivity index (χ1n) is 6.16. The largest absolute Gasteiger partial charge is 0.343 e. The molecule has 1 saturated carbocycles. The summed E-state index contributed by atoms with van der Waals surface area (Å²) in [6.07, 6.45) is 5.35. The van der Waals surface area contributed by atoms with E-state index in [2.05, 4.69) is 11.0 Å². The van der Waals surface area contributed by atoms with Gasteiger partial charge in [-0.25, -0.2) is 0 Å². The number of carbonyl (C=O) groups excluding carboxylic acids is 1. The van der Waals surface area contributed by atoms with Gasteiger partial charge in [0.2, 0.25) is 6.41 Å². The van der Waals surface area contributed by atoms with Gasteiger partial charge < -0.3 is 4.90 Å². The Balaban J connectivity index is 1.78. The van der Waals surface area contributed by atoms with Crippen molar-refractivity contribution < 1.29 is 4.79 Å². The summed E-state index contributed by atoms with van der Waals surface area (Å²) in [6, 6.07) is 3.02. The molecule has 0 atom stereocenters. The lowest BCUT2D eigenvalue weighted by molar-refractivity contribution is -0.120. The zero-order valence-corrected chi connectivity index (χ0v) is 9.64. The van der Waals surface area contributed by atoms with Crippen LogP contribution in [0.4, 0.5) is 0 Å². The van der Waals surface area contributed by atoms with Crippen LogP contribution in [0.25, 0.3) is 0 Å². The van der Waals surface area contributed by atoms with E-state index in [4.69, 9.17) is 5.26 Å². The first-order valence-corrected chi connectivity index (χ1v) is 6.16. The highest BCUT2D eigenvalue weighted by Crippen LogP contribution is 2.27. The maximum atomic E-state index is 10.6. The molecule has 4 heteroatoms. The summed E-state index contributed by atoms with van der Waals surface area (Å²) in [7, 11) is 0. The second-order valence-electron chi connectivity index (χ2n) is 4.81. The van der Waals surface area contributed by atoms with Crippen LogP contribution < -0.4 is 0 Å². The smallest absolute Gasteiger partial charge is 0.209 e. The SMILES string of the molecule is N#CC1CCC(N2CCN(C=O)CC2)CC1. The summed E-state index contributed by atoms with van der Waals surface area (Å²) >= 11 is 0. The number of hydrogen-bond acceptors (Lipinski definition) is 3. The normalized spacial score (nSPS) is 32.1. The van der Waals surface area contributed by atoms with E-state index in [-0.39, 0.29) is 5.92 Å². The minimum Gasteiger partial charge on any atom is -0.343 e. The van der Waals surface area contributed by atoms with Crippen LogP contribution in [0.2, 0.25) is 0 Å². The van der Waals surface area contributed by atoms with Gasteiger partial charge in [-0.2, -0.15) is 5.26 Å². The van der Waals surface area contributed by atoms with E-state index in [1.807, 2.05) is 4.90 Å². The molecular formula is C12H19N3O. The minimum absolute atomic E-state index is 0.285. The molecule has 0 aromatic heterocycles. The fraction of sp³-hybridized carbons (Fsp3) is 0.833. The molecule has 88 valence electrons. The van der Waals surface area contributed by atoms with Crippen molar-refractivity contribution in [3.63, 3.8) is 0 Å². The molecular weight excluding hydrogens is 202 g/mol. The van der Waals surface area contributed by atoms with Crippen molar-refractivity contribution in [3.05, 3.63) is 0 Å². The molecule has 0 spiro atoms. The van der Waals surface area contributed by atoms with Crippen molar-refractivity contribution in [2.45, 2.75) is 31.7 Å². The van der Waals surface area contributed by atoms with Crippen LogP contribution in [0.3, 0.4) is 0 Å². The van der Waals surface area contributed by atoms with Crippen LogP contribution in [-0.2, 0) is 4.79 Å². The van der Waals surface area contributed by atoms with Crippen LogP contribution in [0.1, 0.15) is 25.7 Å². The number of nitriles is 1. The van der Waals surface area contributed by atoms with E-state index in [9.17, 15) is 4.79 Å². The quantitative estimate of drug-likeness (QED) is 0.649. The van der Waals surface area contributed by atoms with Crippen molar-refractivity contribution in [3.8, 4) is 6.07 Å². The highest BCUT2D eigenvalue weighted by molar-refractivity contribution is 5.47. The van der Waals surface area contributed by atoms with Gasteiger partial charge in [0.25, 0.3) is 0 Å². The first kappa shape index (κ1) is 11.4. The number of nitrogens with zero attached hydrogens (tertiary/aromatic N) is 3. The summed E-state index contributed by atoms with van der Waals surface area (Å²) in [5.41, 5.74) is 0. The van der Waals surface area contributed by atoms with Gasteiger partial charge in [0.15, 0.2) is 0 Å². The van der Waals surface area contributed by atoms with Gasteiger partial charge in [-0.15, -0.1) is 0 Å². The molecule has 0 unspecified atom stereocenters. The van der Waals surface area contributed by atoms with Gasteiger partial charge in [-0.05, 0) is 25.7 Å². The molecule has 1 aliphatic heterocycles. The molecule has 2 rings (SSSR count). The molecule has 0 aromatic carbocycles. The Morgan fingerprint density at radius 3 is 2.19 bits per heavy atom. The van der Waals surface area contributed by atoms with Crippen LogP contribution in [-0.4, -0.2) is 48.4 Å². The van der Waals surface area contributed by atoms with Crippen molar-refractivity contribution in [1.82, 2.24) is 9.80 Å². The molecule has 1 heterocycles. The lowest BCUT2D eigenvalue weighted by Crippen LogP contribution is -2.50. The molecule has 4 nitrogen and oxygen atoms in total. The Morgan fingerprint density at radius 1 is 1.06 bits per heavy atom. The lowest BCUT2D eigenvalue weighted by atomic mass is 9.86. The third-order valence-corrected chi connectivity index (χ3v) is 3.89. The van der Waals surface area contributed by atoms with Gasteiger partial charge in [-0.1, -0.05) is 0 Å². The maximum absolute atomic E-state index is 10.6. The van der Waals surface area contributed by atoms with Crippen LogP contribution in [0.15, 0.2) is 0 Å². The van der Waals surface area contributed by atoms with Crippen molar-refractivity contribution >= 4 is 6.41 Å². The summed E-state index contributed by atoms with van der Waals surface area (Å²) in [5.74, 6) is 0.285. The average Bonchev–Trinajstić information content (AvgIpc) is 2.39. The number of rotatable bonds is 2. The number of amides is 1. The predicted octanol–water partition coefficient (Wildman–Crippen LogP) is 0.843. The van der Waals surface area contributed by atoms with Crippen LogP contribution >= 0.6 is 0 Å². The van der Waals surface area contributed by atoms with Crippen molar-refractivity contribution in [2.24, 2.45) is 5.92 Å². The summed E-state index contributed by atoms with van der Waals surface area (Å²) in [4.78, 5) is 14.9. The van der Waals surface area contributed by atoms with Gasteiger partial charge in [0.05, 0.1) is 6.07 Å². The molecule has 16 heavy (non-hydrogen) atoms. The van der Waals surface area contributed by atoms with Crippen LogP contribution in [0, 0.1) is 17.2 Å². The van der Waals surface area contributed by atoms with E-state index in [1.54, 1.807) is 0 Å². The maximum Gasteiger partial charge on any atom is 0.209 e. The van der Waals surface area contributed by atoms with Gasteiger partial charge in [0, 0.05) is 38.1 Å². The van der Waals surface area contributed by atoms with Crippen molar-refractivity contribution in [2.75, 3.05) is 26.2 Å². The van der Waals surface area contributed by atoms with Crippen LogP contribution in [0.5, 0.6) is 0 Å². The fourth-order valence-electron chi connectivity index (χ4n) is 2.78. The molecule has 0 bridgehead atoms. The number of carbonyl (C=O) groups is 1. The number of hydrogen-bond donors (Lipinski definition) is 0. The van der Waals surface area contributed by atoms with E-state index >= 15 is 0 Å². The molecule has 2 fully saturated rings. The van der Waals surface area contributed by atoms with E-state index in [0.717, 1.165) is 58.3 Å². The van der Waals surface area contributed by atoms with E-state index in [0.29, 0.717) is 6.04 Å². The standard InChI is InChI=1S/C12H19N3O/c13-9-11-1-3-12(4-2-11)15-7-5-14(10-16)6-8-15/h10-12H,1-8H2. The van der Waals surface area contributed by atoms with Crippen molar-refractivity contribution in [1.29, 1.82) is 5.26 Å². The fourth-order valence-corrected chi connectivity index (χ4v) is 2.78. The van der Waals surface area contributed by atoms with Gasteiger partial charge in [0.1, 0.15) is 0 Å². The lowest BCUT2D eigenvalue weighted by Gasteiger charge is -2.40. The third-order valence-electron chi connectivity index (χ3n) is 3.89. The zero-order chi connectivity index (χ0) is 11.4. The summed E-state index contributed by atoms with van der Waals surface area (Å²) in [6.45, 7) is 3.73. The Kier molecular flexibility index (Phi) is 3.79. The van der Waals surface area contributed by atoms with E-state index in [1.165, 1.54) is 0 Å². The average molecular weight is 221 g/mol. The number of piperazine rings is 1. The third kappa shape index (κ3) is 2.53.